The van der Waals surface area contributed by atoms with Crippen LogP contribution in [0.3, 0.4) is 0 Å². The number of halogens is 3. The Morgan fingerprint density at radius 2 is 1.90 bits per heavy atom. The summed E-state index contributed by atoms with van der Waals surface area (Å²) in [6, 6.07) is 0. The van der Waals surface area contributed by atoms with Crippen molar-refractivity contribution in [3.63, 3.8) is 0 Å². The van der Waals surface area contributed by atoms with Gasteiger partial charge >= 0.3 is 6.30 Å². The van der Waals surface area contributed by atoms with Gasteiger partial charge in [-0.2, -0.15) is 13.2 Å². The van der Waals surface area contributed by atoms with Crippen molar-refractivity contribution in [2.45, 2.75) is 26.6 Å². The number of rotatable bonds is 3. The van der Waals surface area contributed by atoms with Crippen molar-refractivity contribution in [1.82, 2.24) is 5.32 Å². The Hall–Kier alpha value is -0.250. The quantitative estimate of drug-likeness (QED) is 0.616. The van der Waals surface area contributed by atoms with Crippen LogP contribution >= 0.6 is 0 Å². The predicted octanol–water partition coefficient (Wildman–Crippen LogP) is 2.14. The van der Waals surface area contributed by atoms with Crippen molar-refractivity contribution in [2.75, 3.05) is 6.54 Å². The van der Waals surface area contributed by atoms with Crippen molar-refractivity contribution in [3.05, 3.63) is 0 Å². The summed E-state index contributed by atoms with van der Waals surface area (Å²) in [5.74, 6) is 0.0848. The van der Waals surface area contributed by atoms with E-state index in [2.05, 4.69) is 0 Å². The molecule has 0 aliphatic carbocycles. The zero-order chi connectivity index (χ0) is 8.20. The van der Waals surface area contributed by atoms with Crippen LogP contribution in [0.4, 0.5) is 13.2 Å². The van der Waals surface area contributed by atoms with Gasteiger partial charge in [0.2, 0.25) is 0 Å². The van der Waals surface area contributed by atoms with Crippen molar-refractivity contribution in [1.29, 1.82) is 0 Å². The van der Waals surface area contributed by atoms with Crippen molar-refractivity contribution in [3.8, 4) is 0 Å². The second-order valence-electron chi connectivity index (χ2n) is 2.39. The molecule has 0 rings (SSSR count). The predicted molar refractivity (Wildman–Crippen MR) is 33.5 cm³/mol. The normalized spacial score (nSPS) is 15.3. The summed E-state index contributed by atoms with van der Waals surface area (Å²) >= 11 is 0. The first kappa shape index (κ1) is 9.75. The van der Waals surface area contributed by atoms with E-state index < -0.39 is 6.30 Å². The van der Waals surface area contributed by atoms with Gasteiger partial charge in [-0.25, -0.2) is 5.32 Å². The molecule has 0 saturated carbocycles. The lowest BCUT2D eigenvalue weighted by Crippen LogP contribution is -2.34. The van der Waals surface area contributed by atoms with Crippen LogP contribution in [0, 0.1) is 5.92 Å². The first-order valence-electron chi connectivity index (χ1n) is 3.27. The fraction of sp³-hybridized carbons (Fsp3) is 1.00. The van der Waals surface area contributed by atoms with E-state index >= 15 is 0 Å². The topological polar surface area (TPSA) is 12.0 Å². The summed E-state index contributed by atoms with van der Waals surface area (Å²) in [5.41, 5.74) is 0. The average Bonchev–Trinajstić information content (AvgIpc) is 1.81. The third-order valence-corrected chi connectivity index (χ3v) is 1.35. The Bertz CT molecular complexity index is 89.5. The third kappa shape index (κ3) is 5.88. The molecule has 0 aliphatic heterocycles. The van der Waals surface area contributed by atoms with Crippen LogP contribution in [0.1, 0.15) is 20.3 Å². The van der Waals surface area contributed by atoms with E-state index in [0.717, 1.165) is 6.42 Å². The van der Waals surface area contributed by atoms with Crippen molar-refractivity contribution in [2.24, 2.45) is 5.92 Å². The Labute approximate surface area is 58.6 Å². The Morgan fingerprint density at radius 1 is 1.40 bits per heavy atom. The lowest BCUT2D eigenvalue weighted by atomic mass is 10.1. The highest BCUT2D eigenvalue weighted by atomic mass is 19.4. The Balaban J connectivity index is 3.36. The molecule has 0 aromatic heterocycles. The van der Waals surface area contributed by atoms with E-state index in [4.69, 9.17) is 0 Å². The first-order chi connectivity index (χ1) is 4.45. The lowest BCUT2D eigenvalue weighted by molar-refractivity contribution is -0.158. The highest BCUT2D eigenvalue weighted by Crippen LogP contribution is 2.10. The molecule has 1 atom stereocenters. The van der Waals surface area contributed by atoms with Crippen molar-refractivity contribution < 1.29 is 13.2 Å². The molecule has 0 aromatic rings. The molecule has 0 radical (unpaired) electrons. The van der Waals surface area contributed by atoms with Gasteiger partial charge in [0.1, 0.15) is 0 Å². The monoisotopic (exact) mass is 155 g/mol. The second-order valence-corrected chi connectivity index (χ2v) is 2.39. The summed E-state index contributed by atoms with van der Waals surface area (Å²) < 4.78 is 34.3. The smallest absolute Gasteiger partial charge is 0.228 e. The van der Waals surface area contributed by atoms with Gasteiger partial charge < -0.3 is 0 Å². The number of hydrogen-bond donors (Lipinski definition) is 1. The molecule has 1 N–H and O–H groups in total. The van der Waals surface area contributed by atoms with Gasteiger partial charge in [0.15, 0.2) is 0 Å². The van der Waals surface area contributed by atoms with Gasteiger partial charge in [-0.3, -0.25) is 0 Å². The van der Waals surface area contributed by atoms with Gasteiger partial charge in [-0.1, -0.05) is 20.3 Å². The fourth-order valence-corrected chi connectivity index (χ4v) is 0.434. The highest BCUT2D eigenvalue weighted by molar-refractivity contribution is 4.55. The van der Waals surface area contributed by atoms with Crippen LogP contribution in [-0.2, 0) is 0 Å². The average molecular weight is 155 g/mol. The molecule has 0 fully saturated rings. The molecule has 0 bridgehead atoms. The van der Waals surface area contributed by atoms with Crippen molar-refractivity contribution >= 4 is 0 Å². The zero-order valence-corrected chi connectivity index (χ0v) is 6.13. The van der Waals surface area contributed by atoms with E-state index in [1.807, 2.05) is 6.92 Å². The second kappa shape index (κ2) is 3.81. The maximum Gasteiger partial charge on any atom is 0.457 e. The lowest BCUT2D eigenvalue weighted by Gasteiger charge is -2.11. The number of hydrogen-bond acceptors (Lipinski definition) is 1. The summed E-state index contributed by atoms with van der Waals surface area (Å²) in [5, 5.41) is 1.47. The summed E-state index contributed by atoms with van der Waals surface area (Å²) in [7, 11) is 0. The van der Waals surface area contributed by atoms with Gasteiger partial charge in [0.05, 0.1) is 0 Å². The van der Waals surface area contributed by atoms with Crippen LogP contribution in [0.5, 0.6) is 0 Å². The summed E-state index contributed by atoms with van der Waals surface area (Å²) in [6.07, 6.45) is -3.45. The van der Waals surface area contributed by atoms with Crippen LogP contribution in [-0.4, -0.2) is 12.8 Å². The molecule has 0 aromatic carbocycles. The minimum atomic E-state index is -4.22. The van der Waals surface area contributed by atoms with E-state index in [-0.39, 0.29) is 12.5 Å². The van der Waals surface area contributed by atoms with Crippen LogP contribution in [0.15, 0.2) is 0 Å². The largest absolute Gasteiger partial charge is 0.457 e. The SMILES string of the molecule is CCC(C)CNC(F)(F)F. The molecule has 62 valence electrons. The molecule has 0 amide bonds. The summed E-state index contributed by atoms with van der Waals surface area (Å²) in [6.45, 7) is 3.65. The third-order valence-electron chi connectivity index (χ3n) is 1.35. The first-order valence-corrected chi connectivity index (χ1v) is 3.27. The van der Waals surface area contributed by atoms with Crippen LogP contribution < -0.4 is 5.32 Å². The minimum Gasteiger partial charge on any atom is -0.228 e. The molecule has 0 aliphatic rings. The Morgan fingerprint density at radius 3 is 2.20 bits per heavy atom. The van der Waals surface area contributed by atoms with E-state index in [0.29, 0.717) is 0 Å². The Kier molecular flexibility index (Phi) is 3.71. The molecule has 0 spiro atoms. The van der Waals surface area contributed by atoms with Crippen LogP contribution in [0.2, 0.25) is 0 Å². The number of alkyl halides is 3. The molecule has 4 heteroatoms. The molecular weight excluding hydrogens is 143 g/mol. The van der Waals surface area contributed by atoms with E-state index in [1.165, 1.54) is 5.32 Å². The molecule has 1 nitrogen and oxygen atoms in total. The minimum absolute atomic E-state index is 0.0139. The zero-order valence-electron chi connectivity index (χ0n) is 6.13. The van der Waals surface area contributed by atoms with E-state index in [9.17, 15) is 13.2 Å². The molecule has 1 unspecified atom stereocenters. The molecule has 0 heterocycles. The van der Waals surface area contributed by atoms with Gasteiger partial charge in [0.25, 0.3) is 0 Å². The highest BCUT2D eigenvalue weighted by Gasteiger charge is 2.26. The maximum absolute atomic E-state index is 11.4. The van der Waals surface area contributed by atoms with E-state index in [1.54, 1.807) is 6.92 Å². The molecular formula is C6H12F3N. The molecule has 10 heavy (non-hydrogen) atoms. The van der Waals surface area contributed by atoms with Gasteiger partial charge in [-0.15, -0.1) is 0 Å². The van der Waals surface area contributed by atoms with Gasteiger partial charge in [-0.05, 0) is 5.92 Å². The molecule has 0 saturated heterocycles. The maximum atomic E-state index is 11.4. The number of nitrogens with one attached hydrogen (secondary N) is 1. The van der Waals surface area contributed by atoms with Crippen LogP contribution in [0.25, 0.3) is 0 Å². The standard InChI is InChI=1S/C6H12F3N/c1-3-5(2)4-10-6(7,8)9/h5,10H,3-4H2,1-2H3. The summed E-state index contributed by atoms with van der Waals surface area (Å²) in [4.78, 5) is 0. The van der Waals surface area contributed by atoms with Gasteiger partial charge in [0, 0.05) is 6.54 Å². The fourth-order valence-electron chi connectivity index (χ4n) is 0.434.